The molecule has 0 aromatic heterocycles. The molecule has 0 aliphatic rings. The van der Waals surface area contributed by atoms with Crippen LogP contribution in [0.15, 0.2) is 12.2 Å². The van der Waals surface area contributed by atoms with Crippen LogP contribution >= 0.6 is 0 Å². The molecule has 0 radical (unpaired) electrons. The molecular formula is C12H23NO. The van der Waals surface area contributed by atoms with Crippen molar-refractivity contribution in [1.29, 1.82) is 0 Å². The van der Waals surface area contributed by atoms with Gasteiger partial charge >= 0.3 is 0 Å². The average Bonchev–Trinajstić information content (AvgIpc) is 2.15. The van der Waals surface area contributed by atoms with Gasteiger partial charge in [0.2, 0.25) is 5.91 Å². The highest BCUT2D eigenvalue weighted by Gasteiger charge is 1.89. The summed E-state index contributed by atoms with van der Waals surface area (Å²) in [5, 5.41) is 0. The Balaban J connectivity index is 3.02. The smallest absolute Gasteiger partial charge is 0.241 e. The minimum atomic E-state index is -0.340. The van der Waals surface area contributed by atoms with Crippen LogP contribution in [0.5, 0.6) is 0 Å². The van der Waals surface area contributed by atoms with E-state index >= 15 is 0 Å². The predicted molar refractivity (Wildman–Crippen MR) is 60.9 cm³/mol. The lowest BCUT2D eigenvalue weighted by atomic mass is 10.1. The van der Waals surface area contributed by atoms with Crippen LogP contribution in [0.1, 0.15) is 58.3 Å². The Labute approximate surface area is 87.6 Å². The molecule has 0 bridgehead atoms. The average molecular weight is 197 g/mol. The summed E-state index contributed by atoms with van der Waals surface area (Å²) in [4.78, 5) is 10.3. The lowest BCUT2D eigenvalue weighted by Crippen LogP contribution is -2.05. The van der Waals surface area contributed by atoms with E-state index in [0.29, 0.717) is 0 Å². The molecule has 14 heavy (non-hydrogen) atoms. The lowest BCUT2D eigenvalue weighted by Gasteiger charge is -1.98. The predicted octanol–water partition coefficient (Wildman–Crippen LogP) is 3.17. The number of nitrogens with two attached hydrogens (primary N) is 1. The molecular weight excluding hydrogens is 174 g/mol. The Morgan fingerprint density at radius 3 is 2.21 bits per heavy atom. The van der Waals surface area contributed by atoms with Crippen molar-refractivity contribution in [2.24, 2.45) is 5.73 Å². The number of carbonyl (C=O) groups is 1. The molecule has 0 saturated carbocycles. The molecule has 0 heterocycles. The maximum atomic E-state index is 10.3. The van der Waals surface area contributed by atoms with Gasteiger partial charge in [-0.25, -0.2) is 0 Å². The quantitative estimate of drug-likeness (QED) is 0.448. The second-order valence-corrected chi connectivity index (χ2v) is 3.71. The molecule has 0 aliphatic carbocycles. The molecule has 0 spiro atoms. The Hall–Kier alpha value is -0.790. The molecule has 82 valence electrons. The molecule has 0 saturated heterocycles. The largest absolute Gasteiger partial charge is 0.366 e. The minimum Gasteiger partial charge on any atom is -0.366 e. The SMILES string of the molecule is CCCCCCCCCC=CC(N)=O. The van der Waals surface area contributed by atoms with E-state index in [9.17, 15) is 4.79 Å². The number of carbonyl (C=O) groups excluding carboxylic acids is 1. The molecule has 0 unspecified atom stereocenters. The van der Waals surface area contributed by atoms with E-state index < -0.39 is 0 Å². The Kier molecular flexibility index (Phi) is 9.71. The van der Waals surface area contributed by atoms with Gasteiger partial charge in [0.25, 0.3) is 0 Å². The third-order valence-corrected chi connectivity index (χ3v) is 2.26. The molecule has 0 atom stereocenters. The highest BCUT2D eigenvalue weighted by molar-refractivity contribution is 5.85. The second-order valence-electron chi connectivity index (χ2n) is 3.71. The Morgan fingerprint density at radius 2 is 1.64 bits per heavy atom. The van der Waals surface area contributed by atoms with Gasteiger partial charge in [0, 0.05) is 0 Å². The van der Waals surface area contributed by atoms with Gasteiger partial charge in [0.15, 0.2) is 0 Å². The number of hydrogen-bond donors (Lipinski definition) is 1. The van der Waals surface area contributed by atoms with Gasteiger partial charge < -0.3 is 5.73 Å². The second kappa shape index (κ2) is 10.3. The highest BCUT2D eigenvalue weighted by atomic mass is 16.1. The summed E-state index contributed by atoms with van der Waals surface area (Å²) in [5.74, 6) is -0.340. The molecule has 2 heteroatoms. The van der Waals surface area contributed by atoms with Gasteiger partial charge in [-0.1, -0.05) is 51.5 Å². The fourth-order valence-corrected chi connectivity index (χ4v) is 1.42. The van der Waals surface area contributed by atoms with Crippen molar-refractivity contribution in [3.8, 4) is 0 Å². The first-order valence-corrected chi connectivity index (χ1v) is 5.73. The van der Waals surface area contributed by atoms with Crippen LogP contribution in [0.2, 0.25) is 0 Å². The fourth-order valence-electron chi connectivity index (χ4n) is 1.42. The van der Waals surface area contributed by atoms with E-state index in [2.05, 4.69) is 6.92 Å². The van der Waals surface area contributed by atoms with Crippen molar-refractivity contribution in [3.05, 3.63) is 12.2 Å². The van der Waals surface area contributed by atoms with Crippen molar-refractivity contribution in [1.82, 2.24) is 0 Å². The van der Waals surface area contributed by atoms with E-state index in [4.69, 9.17) is 5.73 Å². The zero-order valence-electron chi connectivity index (χ0n) is 9.30. The van der Waals surface area contributed by atoms with Crippen LogP contribution < -0.4 is 5.73 Å². The van der Waals surface area contributed by atoms with E-state index in [0.717, 1.165) is 6.42 Å². The third-order valence-electron chi connectivity index (χ3n) is 2.26. The van der Waals surface area contributed by atoms with Gasteiger partial charge in [-0.2, -0.15) is 0 Å². The summed E-state index contributed by atoms with van der Waals surface area (Å²) in [6.45, 7) is 2.23. The topological polar surface area (TPSA) is 43.1 Å². The van der Waals surface area contributed by atoms with E-state index in [1.165, 1.54) is 51.0 Å². The molecule has 2 N–H and O–H groups in total. The van der Waals surface area contributed by atoms with E-state index in [-0.39, 0.29) is 5.91 Å². The molecule has 0 rings (SSSR count). The van der Waals surface area contributed by atoms with E-state index in [1.54, 1.807) is 0 Å². The molecule has 0 aromatic carbocycles. The molecule has 0 aromatic rings. The lowest BCUT2D eigenvalue weighted by molar-refractivity contribution is -0.113. The summed E-state index contributed by atoms with van der Waals surface area (Å²) >= 11 is 0. The van der Waals surface area contributed by atoms with Crippen LogP contribution in [0, 0.1) is 0 Å². The van der Waals surface area contributed by atoms with Gasteiger partial charge in [-0.05, 0) is 18.9 Å². The number of amides is 1. The zero-order valence-corrected chi connectivity index (χ0v) is 9.30. The summed E-state index contributed by atoms with van der Waals surface area (Å²) in [7, 11) is 0. The number of hydrogen-bond acceptors (Lipinski definition) is 1. The maximum absolute atomic E-state index is 10.3. The van der Waals surface area contributed by atoms with Gasteiger partial charge in [-0.3, -0.25) is 4.79 Å². The zero-order chi connectivity index (χ0) is 10.6. The Morgan fingerprint density at radius 1 is 1.07 bits per heavy atom. The van der Waals surface area contributed by atoms with Crippen LogP contribution in [-0.4, -0.2) is 5.91 Å². The van der Waals surface area contributed by atoms with Crippen LogP contribution in [0.3, 0.4) is 0 Å². The van der Waals surface area contributed by atoms with Crippen LogP contribution in [0.25, 0.3) is 0 Å². The first-order chi connectivity index (χ1) is 6.77. The number of rotatable bonds is 9. The summed E-state index contributed by atoms with van der Waals surface area (Å²) in [6, 6.07) is 0. The van der Waals surface area contributed by atoms with Crippen molar-refractivity contribution >= 4 is 5.91 Å². The normalized spacial score (nSPS) is 10.9. The molecule has 0 aliphatic heterocycles. The fraction of sp³-hybridized carbons (Fsp3) is 0.750. The molecule has 2 nitrogen and oxygen atoms in total. The van der Waals surface area contributed by atoms with Crippen LogP contribution in [-0.2, 0) is 4.79 Å². The first kappa shape index (κ1) is 13.2. The Bertz CT molecular complexity index is 164. The van der Waals surface area contributed by atoms with Gasteiger partial charge in [0.1, 0.15) is 0 Å². The third kappa shape index (κ3) is 11.2. The summed E-state index contributed by atoms with van der Waals surface area (Å²) in [6.07, 6.45) is 13.5. The van der Waals surface area contributed by atoms with Crippen molar-refractivity contribution in [2.75, 3.05) is 0 Å². The van der Waals surface area contributed by atoms with Gasteiger partial charge in [-0.15, -0.1) is 0 Å². The van der Waals surface area contributed by atoms with Gasteiger partial charge in [0.05, 0.1) is 0 Å². The van der Waals surface area contributed by atoms with Crippen molar-refractivity contribution in [3.63, 3.8) is 0 Å². The van der Waals surface area contributed by atoms with Crippen LogP contribution in [0.4, 0.5) is 0 Å². The minimum absolute atomic E-state index is 0.340. The molecule has 1 amide bonds. The van der Waals surface area contributed by atoms with E-state index in [1.807, 2.05) is 6.08 Å². The first-order valence-electron chi connectivity index (χ1n) is 5.73. The highest BCUT2D eigenvalue weighted by Crippen LogP contribution is 2.08. The molecule has 0 fully saturated rings. The monoisotopic (exact) mass is 197 g/mol. The number of allylic oxidation sites excluding steroid dienone is 1. The number of primary amides is 1. The summed E-state index contributed by atoms with van der Waals surface area (Å²) in [5.41, 5.74) is 4.96. The maximum Gasteiger partial charge on any atom is 0.241 e. The van der Waals surface area contributed by atoms with Crippen molar-refractivity contribution < 1.29 is 4.79 Å². The standard InChI is InChI=1S/C12H23NO/c1-2-3-4-5-6-7-8-9-10-11-12(13)14/h10-11H,2-9H2,1H3,(H2,13,14). The summed E-state index contributed by atoms with van der Waals surface area (Å²) < 4.78 is 0. The number of unbranched alkanes of at least 4 members (excludes halogenated alkanes) is 7. The van der Waals surface area contributed by atoms with Crippen molar-refractivity contribution in [2.45, 2.75) is 58.3 Å².